The molecule has 154 valence electrons. The summed E-state index contributed by atoms with van der Waals surface area (Å²) in [6.45, 7) is 3.20. The summed E-state index contributed by atoms with van der Waals surface area (Å²) < 4.78 is 39.1. The monoisotopic (exact) mass is 394 g/mol. The Morgan fingerprint density at radius 2 is 1.93 bits per heavy atom. The fourth-order valence-corrected chi connectivity index (χ4v) is 4.64. The highest BCUT2D eigenvalue weighted by atomic mass is 19.1. The molecule has 0 bridgehead atoms. The lowest BCUT2D eigenvalue weighted by molar-refractivity contribution is -0.0882. The first kappa shape index (κ1) is 19.6. The second-order valence-electron chi connectivity index (χ2n) is 8.31. The van der Waals surface area contributed by atoms with Gasteiger partial charge in [-0.3, -0.25) is 0 Å². The van der Waals surface area contributed by atoms with E-state index in [1.807, 2.05) is 4.90 Å². The number of hydrogen-bond acceptors (Lipinski definition) is 3. The van der Waals surface area contributed by atoms with E-state index >= 15 is 0 Å². The number of benzene rings is 1. The summed E-state index contributed by atoms with van der Waals surface area (Å²) in [6.07, 6.45) is 4.39. The maximum atomic E-state index is 13.9. The number of likely N-dealkylation sites (tertiary alicyclic amines) is 1. The Morgan fingerprint density at radius 1 is 1.18 bits per heavy atom. The van der Waals surface area contributed by atoms with E-state index in [4.69, 9.17) is 9.47 Å². The van der Waals surface area contributed by atoms with Gasteiger partial charge in [0.25, 0.3) is 0 Å². The highest BCUT2D eigenvalue weighted by molar-refractivity contribution is 5.74. The van der Waals surface area contributed by atoms with Crippen molar-refractivity contribution in [2.75, 3.05) is 32.9 Å². The van der Waals surface area contributed by atoms with Gasteiger partial charge in [0.1, 0.15) is 11.6 Å². The fourth-order valence-electron chi connectivity index (χ4n) is 4.64. The summed E-state index contributed by atoms with van der Waals surface area (Å²) in [5, 5.41) is 3.15. The van der Waals surface area contributed by atoms with E-state index in [-0.39, 0.29) is 29.2 Å². The zero-order chi connectivity index (χ0) is 19.6. The van der Waals surface area contributed by atoms with Crippen molar-refractivity contribution in [3.63, 3.8) is 0 Å². The molecule has 1 aromatic rings. The maximum Gasteiger partial charge on any atom is 0.317 e. The smallest absolute Gasteiger partial charge is 0.317 e. The maximum absolute atomic E-state index is 13.9. The number of nitrogens with one attached hydrogen (secondary N) is 1. The molecule has 3 aliphatic rings. The summed E-state index contributed by atoms with van der Waals surface area (Å²) in [5.74, 6) is -0.772. The molecule has 0 aromatic heterocycles. The Labute approximate surface area is 164 Å². The van der Waals surface area contributed by atoms with Crippen molar-refractivity contribution in [2.45, 2.75) is 50.2 Å². The Morgan fingerprint density at radius 3 is 2.61 bits per heavy atom. The molecule has 0 radical (unpaired) electrons. The van der Waals surface area contributed by atoms with E-state index in [0.717, 1.165) is 38.7 Å². The number of carbonyl (C=O) groups excluding carboxylic acids is 1. The predicted octanol–water partition coefficient (Wildman–Crippen LogP) is 3.27. The number of nitrogens with zero attached hydrogens (tertiary/aromatic N) is 1. The minimum atomic E-state index is -0.482. The first-order valence-electron chi connectivity index (χ1n) is 10.2. The molecule has 1 spiro atoms. The van der Waals surface area contributed by atoms with Crippen LogP contribution in [0.25, 0.3) is 0 Å². The molecular formula is C21H28F2N2O3. The van der Waals surface area contributed by atoms with Gasteiger partial charge < -0.3 is 19.7 Å². The molecule has 3 saturated heterocycles. The van der Waals surface area contributed by atoms with Crippen LogP contribution in [0.15, 0.2) is 18.2 Å². The second-order valence-corrected chi connectivity index (χ2v) is 8.31. The average molecular weight is 394 g/mol. The van der Waals surface area contributed by atoms with Gasteiger partial charge in [-0.15, -0.1) is 0 Å². The average Bonchev–Trinajstić information content (AvgIpc) is 3.13. The third-order valence-electron chi connectivity index (χ3n) is 6.34. The molecule has 4 rings (SSSR count). The molecule has 2 amide bonds. The number of amides is 2. The molecule has 0 aliphatic carbocycles. The number of piperidine rings is 1. The third-order valence-corrected chi connectivity index (χ3v) is 6.34. The highest BCUT2D eigenvalue weighted by Gasteiger charge is 2.41. The summed E-state index contributed by atoms with van der Waals surface area (Å²) in [4.78, 5) is 14.5. The van der Waals surface area contributed by atoms with E-state index in [1.54, 1.807) is 0 Å². The van der Waals surface area contributed by atoms with Crippen LogP contribution in [-0.2, 0) is 15.9 Å². The second kappa shape index (κ2) is 8.33. The van der Waals surface area contributed by atoms with Crippen molar-refractivity contribution in [3.8, 4) is 0 Å². The van der Waals surface area contributed by atoms with Crippen LogP contribution in [-0.4, -0.2) is 55.5 Å². The van der Waals surface area contributed by atoms with E-state index in [0.29, 0.717) is 32.7 Å². The number of carbonyl (C=O) groups is 1. The first-order valence-corrected chi connectivity index (χ1v) is 10.2. The van der Waals surface area contributed by atoms with Crippen molar-refractivity contribution >= 4 is 6.03 Å². The van der Waals surface area contributed by atoms with Crippen LogP contribution in [0.5, 0.6) is 0 Å². The molecule has 5 nitrogen and oxygen atoms in total. The van der Waals surface area contributed by atoms with Crippen LogP contribution < -0.4 is 5.32 Å². The summed E-state index contributed by atoms with van der Waals surface area (Å²) in [6, 6.07) is 4.05. The van der Waals surface area contributed by atoms with Crippen LogP contribution in [0.4, 0.5) is 13.6 Å². The Balaban J connectivity index is 1.26. The number of urea groups is 1. The van der Waals surface area contributed by atoms with E-state index in [9.17, 15) is 13.6 Å². The molecule has 0 saturated carbocycles. The zero-order valence-electron chi connectivity index (χ0n) is 16.1. The lowest BCUT2D eigenvalue weighted by Gasteiger charge is -2.39. The fraction of sp³-hybridized carbons (Fsp3) is 0.667. The van der Waals surface area contributed by atoms with E-state index in [2.05, 4.69) is 5.32 Å². The molecule has 1 aromatic carbocycles. The lowest BCUT2D eigenvalue weighted by atomic mass is 9.89. The topological polar surface area (TPSA) is 50.8 Å². The summed E-state index contributed by atoms with van der Waals surface area (Å²) in [5.41, 5.74) is -0.0655. The predicted molar refractivity (Wildman–Crippen MR) is 100 cm³/mol. The van der Waals surface area contributed by atoms with E-state index in [1.165, 1.54) is 18.2 Å². The Kier molecular flexibility index (Phi) is 5.83. The van der Waals surface area contributed by atoms with Gasteiger partial charge in [-0.25, -0.2) is 13.6 Å². The Bertz CT molecular complexity index is 681. The molecule has 3 aliphatic heterocycles. The van der Waals surface area contributed by atoms with Gasteiger partial charge >= 0.3 is 6.03 Å². The van der Waals surface area contributed by atoms with Gasteiger partial charge in [-0.2, -0.15) is 0 Å². The van der Waals surface area contributed by atoms with Crippen LogP contribution in [0.3, 0.4) is 0 Å². The van der Waals surface area contributed by atoms with Gasteiger partial charge in [0.2, 0.25) is 0 Å². The minimum absolute atomic E-state index is 0.0449. The van der Waals surface area contributed by atoms with Gasteiger partial charge in [-0.1, -0.05) is 6.07 Å². The molecule has 0 unspecified atom stereocenters. The molecule has 3 fully saturated rings. The van der Waals surface area contributed by atoms with Crippen LogP contribution in [0, 0.1) is 17.6 Å². The molecule has 3 heterocycles. The largest absolute Gasteiger partial charge is 0.378 e. The lowest BCUT2D eigenvalue weighted by Crippen LogP contribution is -2.53. The first-order chi connectivity index (χ1) is 13.5. The third kappa shape index (κ3) is 4.30. The Hall–Kier alpha value is -1.73. The standard InChI is InChI=1S/C21H28F2N2O3/c22-18-2-1-3-19(23)17(18)12-15-4-8-25(9-5-15)20(26)24-16-6-10-28-21(13-16)7-11-27-14-21/h1-3,15-16H,4-14H2,(H,24,26)/t16-,21-/m1/s1. The van der Waals surface area contributed by atoms with Gasteiger partial charge in [0, 0.05) is 44.3 Å². The summed E-state index contributed by atoms with van der Waals surface area (Å²) in [7, 11) is 0. The number of ether oxygens (including phenoxy) is 2. The van der Waals surface area contributed by atoms with Crippen molar-refractivity contribution in [1.82, 2.24) is 10.2 Å². The minimum Gasteiger partial charge on any atom is -0.378 e. The molecular weight excluding hydrogens is 366 g/mol. The van der Waals surface area contributed by atoms with Gasteiger partial charge in [-0.05, 0) is 50.2 Å². The van der Waals surface area contributed by atoms with Crippen molar-refractivity contribution in [3.05, 3.63) is 35.4 Å². The number of halogens is 2. The van der Waals surface area contributed by atoms with Gasteiger partial charge in [0.15, 0.2) is 0 Å². The van der Waals surface area contributed by atoms with Crippen LogP contribution in [0.1, 0.15) is 37.7 Å². The van der Waals surface area contributed by atoms with Crippen LogP contribution in [0.2, 0.25) is 0 Å². The van der Waals surface area contributed by atoms with Crippen LogP contribution >= 0.6 is 0 Å². The zero-order valence-corrected chi connectivity index (χ0v) is 16.1. The molecule has 28 heavy (non-hydrogen) atoms. The molecule has 1 N–H and O–H groups in total. The molecule has 2 atom stereocenters. The molecule has 7 heteroatoms. The van der Waals surface area contributed by atoms with Crippen molar-refractivity contribution < 1.29 is 23.0 Å². The summed E-state index contributed by atoms with van der Waals surface area (Å²) >= 11 is 0. The number of rotatable bonds is 3. The number of hydrogen-bond donors (Lipinski definition) is 1. The quantitative estimate of drug-likeness (QED) is 0.856. The van der Waals surface area contributed by atoms with Crippen molar-refractivity contribution in [2.24, 2.45) is 5.92 Å². The van der Waals surface area contributed by atoms with Gasteiger partial charge in [0.05, 0.1) is 12.2 Å². The normalized spacial score (nSPS) is 28.6. The van der Waals surface area contributed by atoms with E-state index < -0.39 is 11.6 Å². The highest BCUT2D eigenvalue weighted by Crippen LogP contribution is 2.33. The SMILES string of the molecule is O=C(N[C@@H]1CCO[C@]2(CCOC2)C1)N1CCC(Cc2c(F)cccc2F)CC1. The van der Waals surface area contributed by atoms with Crippen molar-refractivity contribution in [1.29, 1.82) is 0 Å².